The van der Waals surface area contributed by atoms with E-state index in [9.17, 15) is 0 Å². The molecule has 0 aliphatic rings. The second-order valence-corrected chi connectivity index (χ2v) is 14.4. The van der Waals surface area contributed by atoms with E-state index in [1.54, 1.807) is 11.3 Å². The second kappa shape index (κ2) is 14.0. The Bertz CT molecular complexity index is 2920. The molecule has 0 spiro atoms. The predicted octanol–water partition coefficient (Wildman–Crippen LogP) is 12.7. The number of fused-ring (bicyclic) bond motifs is 3. The maximum absolute atomic E-state index is 5.23. The SMILES string of the molecule is c1ccc(-c2nc(-c3ccccc3)nc(-c3cccc(-c4cccc(-c5cccc(-c6nc(-c7ccccc7)nc7sc8ccccc8c67)c5)c4)c3)n2)cc1. The van der Waals surface area contributed by atoms with Crippen molar-refractivity contribution in [3.63, 3.8) is 0 Å². The van der Waals surface area contributed by atoms with Crippen LogP contribution in [0.3, 0.4) is 0 Å². The van der Waals surface area contributed by atoms with Gasteiger partial charge in [0.15, 0.2) is 23.3 Å². The molecular formula is C49H31N5S. The number of aromatic nitrogens is 5. The third-order valence-corrected chi connectivity index (χ3v) is 10.8. The van der Waals surface area contributed by atoms with Crippen molar-refractivity contribution in [1.82, 2.24) is 24.9 Å². The van der Waals surface area contributed by atoms with Crippen molar-refractivity contribution in [2.24, 2.45) is 0 Å². The Kier molecular flexibility index (Phi) is 8.28. The average molecular weight is 722 g/mol. The number of hydrogen-bond donors (Lipinski definition) is 0. The molecule has 0 amide bonds. The smallest absolute Gasteiger partial charge is 0.164 e. The molecule has 258 valence electrons. The topological polar surface area (TPSA) is 64.5 Å². The average Bonchev–Trinajstić information content (AvgIpc) is 3.66. The molecule has 0 radical (unpaired) electrons. The normalized spacial score (nSPS) is 11.3. The van der Waals surface area contributed by atoms with Crippen LogP contribution in [0.1, 0.15) is 0 Å². The molecule has 0 N–H and O–H groups in total. The minimum Gasteiger partial charge on any atom is -0.227 e. The van der Waals surface area contributed by atoms with Crippen LogP contribution in [0.15, 0.2) is 188 Å². The van der Waals surface area contributed by atoms with E-state index in [0.717, 1.165) is 71.8 Å². The summed E-state index contributed by atoms with van der Waals surface area (Å²) in [4.78, 5) is 26.1. The zero-order chi connectivity index (χ0) is 36.6. The van der Waals surface area contributed by atoms with Crippen LogP contribution in [0.4, 0.5) is 0 Å². The molecule has 0 bridgehead atoms. The molecule has 7 aromatic carbocycles. The number of nitrogens with zero attached hydrogens (tertiary/aromatic N) is 5. The van der Waals surface area contributed by atoms with Crippen molar-refractivity contribution in [2.75, 3.05) is 0 Å². The lowest BCUT2D eigenvalue weighted by Crippen LogP contribution is -2.00. The molecule has 0 atom stereocenters. The second-order valence-electron chi connectivity index (χ2n) is 13.3. The highest BCUT2D eigenvalue weighted by Crippen LogP contribution is 2.40. The van der Waals surface area contributed by atoms with Gasteiger partial charge in [0, 0.05) is 43.3 Å². The van der Waals surface area contributed by atoms with E-state index in [-0.39, 0.29) is 0 Å². The van der Waals surface area contributed by atoms with Gasteiger partial charge in [0.2, 0.25) is 0 Å². The Morgan fingerprint density at radius 1 is 0.291 bits per heavy atom. The highest BCUT2D eigenvalue weighted by Gasteiger charge is 2.18. The molecule has 0 aliphatic carbocycles. The van der Waals surface area contributed by atoms with Crippen molar-refractivity contribution < 1.29 is 0 Å². The van der Waals surface area contributed by atoms with Gasteiger partial charge in [-0.1, -0.05) is 164 Å². The van der Waals surface area contributed by atoms with E-state index < -0.39 is 0 Å². The van der Waals surface area contributed by atoms with E-state index in [2.05, 4.69) is 109 Å². The number of rotatable bonds is 7. The Morgan fingerprint density at radius 3 is 1.22 bits per heavy atom. The molecule has 0 unspecified atom stereocenters. The summed E-state index contributed by atoms with van der Waals surface area (Å²) < 4.78 is 1.20. The summed E-state index contributed by atoms with van der Waals surface area (Å²) in [7, 11) is 0. The van der Waals surface area contributed by atoms with Gasteiger partial charge in [0.1, 0.15) is 4.83 Å². The monoisotopic (exact) mass is 721 g/mol. The quantitative estimate of drug-likeness (QED) is 0.164. The van der Waals surface area contributed by atoms with Gasteiger partial charge in [-0.25, -0.2) is 24.9 Å². The first-order valence-corrected chi connectivity index (χ1v) is 19.0. The van der Waals surface area contributed by atoms with Crippen LogP contribution < -0.4 is 0 Å². The molecule has 0 aliphatic heterocycles. The van der Waals surface area contributed by atoms with E-state index in [1.807, 2.05) is 78.9 Å². The molecular weight excluding hydrogens is 691 g/mol. The first-order chi connectivity index (χ1) is 27.2. The summed E-state index contributed by atoms with van der Waals surface area (Å²) in [6.45, 7) is 0. The fourth-order valence-electron chi connectivity index (χ4n) is 7.05. The highest BCUT2D eigenvalue weighted by atomic mass is 32.1. The molecule has 0 saturated heterocycles. The van der Waals surface area contributed by atoms with Gasteiger partial charge in [-0.3, -0.25) is 0 Å². The Labute approximate surface area is 322 Å². The summed E-state index contributed by atoms with van der Waals surface area (Å²) >= 11 is 1.71. The molecule has 10 rings (SSSR count). The molecule has 0 saturated carbocycles. The Hall–Kier alpha value is -7.15. The van der Waals surface area contributed by atoms with Crippen LogP contribution in [0.25, 0.3) is 99.4 Å². The van der Waals surface area contributed by atoms with E-state index in [1.165, 1.54) is 10.1 Å². The molecule has 55 heavy (non-hydrogen) atoms. The van der Waals surface area contributed by atoms with E-state index in [4.69, 9.17) is 24.9 Å². The first-order valence-electron chi connectivity index (χ1n) is 18.2. The van der Waals surface area contributed by atoms with Crippen LogP contribution in [0.5, 0.6) is 0 Å². The van der Waals surface area contributed by atoms with Gasteiger partial charge in [-0.15, -0.1) is 11.3 Å². The number of thiophene rings is 1. The highest BCUT2D eigenvalue weighted by molar-refractivity contribution is 7.25. The van der Waals surface area contributed by atoms with Gasteiger partial charge in [0.25, 0.3) is 0 Å². The van der Waals surface area contributed by atoms with Gasteiger partial charge >= 0.3 is 0 Å². The maximum Gasteiger partial charge on any atom is 0.164 e. The van der Waals surface area contributed by atoms with Crippen LogP contribution in [0, 0.1) is 0 Å². The van der Waals surface area contributed by atoms with Crippen molar-refractivity contribution in [3.05, 3.63) is 188 Å². The minimum absolute atomic E-state index is 0.630. The molecule has 3 heterocycles. The van der Waals surface area contributed by atoms with Crippen LogP contribution in [0.2, 0.25) is 0 Å². The number of benzene rings is 7. The molecule has 6 heteroatoms. The Morgan fingerprint density at radius 2 is 0.673 bits per heavy atom. The van der Waals surface area contributed by atoms with Crippen LogP contribution in [-0.4, -0.2) is 24.9 Å². The van der Waals surface area contributed by atoms with Crippen molar-refractivity contribution in [1.29, 1.82) is 0 Å². The fourth-order valence-corrected chi connectivity index (χ4v) is 8.12. The van der Waals surface area contributed by atoms with Crippen LogP contribution >= 0.6 is 11.3 Å². The third kappa shape index (κ3) is 6.35. The van der Waals surface area contributed by atoms with Crippen LogP contribution in [-0.2, 0) is 0 Å². The first kappa shape index (κ1) is 32.5. The maximum atomic E-state index is 5.23. The van der Waals surface area contributed by atoms with Crippen molar-refractivity contribution >= 4 is 31.6 Å². The molecule has 10 aromatic rings. The van der Waals surface area contributed by atoms with Gasteiger partial charge in [-0.2, -0.15) is 0 Å². The molecule has 3 aromatic heterocycles. The molecule has 0 fully saturated rings. The van der Waals surface area contributed by atoms with Crippen molar-refractivity contribution in [3.8, 4) is 79.1 Å². The zero-order valence-electron chi connectivity index (χ0n) is 29.5. The zero-order valence-corrected chi connectivity index (χ0v) is 30.4. The van der Waals surface area contributed by atoms with Gasteiger partial charge in [0.05, 0.1) is 5.69 Å². The van der Waals surface area contributed by atoms with E-state index in [0.29, 0.717) is 17.5 Å². The van der Waals surface area contributed by atoms with Gasteiger partial charge < -0.3 is 0 Å². The molecule has 5 nitrogen and oxygen atoms in total. The summed E-state index contributed by atoms with van der Waals surface area (Å²) in [5.74, 6) is 2.64. The minimum atomic E-state index is 0.630. The van der Waals surface area contributed by atoms with E-state index >= 15 is 0 Å². The van der Waals surface area contributed by atoms with Gasteiger partial charge in [-0.05, 0) is 46.5 Å². The lowest BCUT2D eigenvalue weighted by molar-refractivity contribution is 1.07. The standard InChI is InChI=1S/C49H31N5S/c1-4-15-32(16-5-1)45-50-44(43-41-27-10-11-28-42(41)55-49(43)54-45)39-25-13-23-37(30-39)35-21-12-22-36(29-35)38-24-14-26-40(31-38)48-52-46(33-17-6-2-7-18-33)51-47(53-48)34-19-8-3-9-20-34/h1-31H. The Balaban J connectivity index is 1.05. The summed E-state index contributed by atoms with van der Waals surface area (Å²) in [5.41, 5.74) is 10.2. The summed E-state index contributed by atoms with van der Waals surface area (Å²) in [6, 6.07) is 64.7. The number of hydrogen-bond acceptors (Lipinski definition) is 6. The lowest BCUT2D eigenvalue weighted by atomic mass is 9.96. The third-order valence-electron chi connectivity index (χ3n) is 9.76. The lowest BCUT2D eigenvalue weighted by Gasteiger charge is -2.11. The predicted molar refractivity (Wildman–Crippen MR) is 226 cm³/mol. The fraction of sp³-hybridized carbons (Fsp3) is 0. The van der Waals surface area contributed by atoms with Crippen molar-refractivity contribution in [2.45, 2.75) is 0 Å². The largest absolute Gasteiger partial charge is 0.227 e. The summed E-state index contributed by atoms with van der Waals surface area (Å²) in [5, 5.41) is 2.27. The summed E-state index contributed by atoms with van der Waals surface area (Å²) in [6.07, 6.45) is 0.